The van der Waals surface area contributed by atoms with Gasteiger partial charge < -0.3 is 5.32 Å². The highest BCUT2D eigenvalue weighted by Crippen LogP contribution is 2.47. The van der Waals surface area contributed by atoms with Gasteiger partial charge in [0.2, 0.25) is 0 Å². The van der Waals surface area contributed by atoms with E-state index in [0.29, 0.717) is 29.3 Å². The Morgan fingerprint density at radius 1 is 1.16 bits per heavy atom. The molecule has 0 radical (unpaired) electrons. The average Bonchev–Trinajstić information content (AvgIpc) is 2.69. The van der Waals surface area contributed by atoms with Crippen LogP contribution in [0.4, 0.5) is 0 Å². The Kier molecular flexibility index (Phi) is 3.92. The van der Waals surface area contributed by atoms with Crippen molar-refractivity contribution in [1.82, 2.24) is 10.4 Å². The van der Waals surface area contributed by atoms with Gasteiger partial charge in [0, 0.05) is 4.92 Å². The first-order chi connectivity index (χ1) is 11.7. The van der Waals surface area contributed by atoms with Gasteiger partial charge in [-0.3, -0.25) is 24.9 Å². The van der Waals surface area contributed by atoms with Crippen LogP contribution in [-0.2, 0) is 15.1 Å². The second-order valence-electron chi connectivity index (χ2n) is 6.97. The number of rotatable bonds is 2. The summed E-state index contributed by atoms with van der Waals surface area (Å²) in [5, 5.41) is 26.0. The molecule has 2 aliphatic heterocycles. The standard InChI is InChI=1S/C17H21N3O5/c1-10-8-11(2)13(12(3)9-10)17(20(24)25)14(21)16(19(23)15(17)22)4-6-18-7-5-16/h8-9,18,23H,4-7H2,1-3H3. The summed E-state index contributed by atoms with van der Waals surface area (Å²) >= 11 is 0. The number of carbonyl (C=O) groups excluding carboxylic acids is 2. The predicted octanol–water partition coefficient (Wildman–Crippen LogP) is 1.01. The fourth-order valence-corrected chi connectivity index (χ4v) is 4.38. The molecule has 8 nitrogen and oxygen atoms in total. The average molecular weight is 347 g/mol. The van der Waals surface area contributed by atoms with Crippen LogP contribution in [0.2, 0.25) is 0 Å². The van der Waals surface area contributed by atoms with Gasteiger partial charge in [-0.15, -0.1) is 0 Å². The second kappa shape index (κ2) is 5.60. The minimum Gasteiger partial charge on any atom is -0.317 e. The van der Waals surface area contributed by atoms with Gasteiger partial charge >= 0.3 is 11.4 Å². The number of Topliss-reactive ketones (excluding diaryl/α,β-unsaturated/α-hetero) is 1. The Morgan fingerprint density at radius 2 is 1.68 bits per heavy atom. The number of nitrogens with zero attached hydrogens (tertiary/aromatic N) is 2. The number of nitro groups is 1. The first kappa shape index (κ1) is 17.5. The highest BCUT2D eigenvalue weighted by molar-refractivity contribution is 6.19. The fraction of sp³-hybridized carbons (Fsp3) is 0.529. The van der Waals surface area contributed by atoms with Gasteiger partial charge in [-0.05, 0) is 57.8 Å². The van der Waals surface area contributed by atoms with E-state index in [2.05, 4.69) is 5.32 Å². The molecule has 25 heavy (non-hydrogen) atoms. The monoisotopic (exact) mass is 347 g/mol. The van der Waals surface area contributed by atoms with Gasteiger partial charge in [0.15, 0.2) is 0 Å². The molecule has 1 aromatic carbocycles. The third-order valence-electron chi connectivity index (χ3n) is 5.40. The van der Waals surface area contributed by atoms with Gasteiger partial charge in [0.25, 0.3) is 5.78 Å². The molecule has 0 bridgehead atoms. The van der Waals surface area contributed by atoms with Crippen molar-refractivity contribution >= 4 is 11.7 Å². The predicted molar refractivity (Wildman–Crippen MR) is 87.8 cm³/mol. The van der Waals surface area contributed by atoms with E-state index in [1.165, 1.54) is 0 Å². The summed E-state index contributed by atoms with van der Waals surface area (Å²) in [5.74, 6) is -2.01. The third-order valence-corrected chi connectivity index (χ3v) is 5.40. The normalized spacial score (nSPS) is 25.7. The maximum atomic E-state index is 13.4. The Balaban J connectivity index is 2.31. The van der Waals surface area contributed by atoms with Gasteiger partial charge in [-0.2, -0.15) is 0 Å². The minimum absolute atomic E-state index is 0.0764. The lowest BCUT2D eigenvalue weighted by Gasteiger charge is -2.35. The molecule has 134 valence electrons. The molecule has 1 unspecified atom stereocenters. The smallest absolute Gasteiger partial charge is 0.317 e. The number of aryl methyl sites for hydroxylation is 3. The van der Waals surface area contributed by atoms with E-state index in [4.69, 9.17) is 0 Å². The highest BCUT2D eigenvalue weighted by Gasteiger charge is 2.76. The van der Waals surface area contributed by atoms with Gasteiger partial charge in [-0.1, -0.05) is 17.7 Å². The minimum atomic E-state index is -2.59. The van der Waals surface area contributed by atoms with Crippen LogP contribution in [0.1, 0.15) is 35.1 Å². The van der Waals surface area contributed by atoms with Crippen molar-refractivity contribution < 1.29 is 19.7 Å². The third kappa shape index (κ3) is 2.07. The van der Waals surface area contributed by atoms with E-state index in [1.807, 2.05) is 6.92 Å². The molecule has 1 spiro atoms. The first-order valence-corrected chi connectivity index (χ1v) is 8.21. The summed E-state index contributed by atoms with van der Waals surface area (Å²) < 4.78 is 0. The lowest BCUT2D eigenvalue weighted by Crippen LogP contribution is -2.56. The van der Waals surface area contributed by atoms with Crippen molar-refractivity contribution in [1.29, 1.82) is 0 Å². The molecule has 3 rings (SSSR count). The van der Waals surface area contributed by atoms with Crippen molar-refractivity contribution in [2.24, 2.45) is 0 Å². The number of piperidine rings is 1. The molecule has 2 heterocycles. The molecule has 1 amide bonds. The summed E-state index contributed by atoms with van der Waals surface area (Å²) in [6.45, 7) is 5.94. The highest BCUT2D eigenvalue weighted by atomic mass is 16.6. The van der Waals surface area contributed by atoms with Crippen LogP contribution in [0.25, 0.3) is 0 Å². The van der Waals surface area contributed by atoms with E-state index in [9.17, 15) is 24.9 Å². The molecule has 1 aromatic rings. The largest absolute Gasteiger partial charge is 0.385 e. The fourth-order valence-electron chi connectivity index (χ4n) is 4.38. The van der Waals surface area contributed by atoms with E-state index >= 15 is 0 Å². The van der Waals surface area contributed by atoms with Crippen LogP contribution < -0.4 is 5.32 Å². The quantitative estimate of drug-likeness (QED) is 0.357. The maximum Gasteiger partial charge on any atom is 0.385 e. The zero-order valence-electron chi connectivity index (χ0n) is 14.5. The van der Waals surface area contributed by atoms with Crippen molar-refractivity contribution in [3.63, 3.8) is 0 Å². The number of hydrogen-bond acceptors (Lipinski definition) is 6. The topological polar surface area (TPSA) is 113 Å². The molecular weight excluding hydrogens is 326 g/mol. The van der Waals surface area contributed by atoms with Crippen molar-refractivity contribution in [2.45, 2.75) is 44.7 Å². The number of ketones is 1. The van der Waals surface area contributed by atoms with Crippen LogP contribution in [0.5, 0.6) is 0 Å². The summed E-state index contributed by atoms with van der Waals surface area (Å²) in [6.07, 6.45) is 0.293. The number of hydroxylamine groups is 2. The Bertz CT molecular complexity index is 761. The first-order valence-electron chi connectivity index (χ1n) is 8.21. The van der Waals surface area contributed by atoms with E-state index in [0.717, 1.165) is 5.56 Å². The second-order valence-corrected chi connectivity index (χ2v) is 6.97. The zero-order valence-corrected chi connectivity index (χ0v) is 14.5. The van der Waals surface area contributed by atoms with Crippen LogP contribution in [0, 0.1) is 30.9 Å². The van der Waals surface area contributed by atoms with Crippen LogP contribution in [-0.4, -0.2) is 45.5 Å². The maximum absolute atomic E-state index is 13.4. The molecule has 2 aliphatic rings. The number of hydrogen-bond donors (Lipinski definition) is 2. The lowest BCUT2D eigenvalue weighted by molar-refractivity contribution is -0.543. The number of nitrogens with one attached hydrogen (secondary N) is 1. The molecular formula is C17H21N3O5. The summed E-state index contributed by atoms with van der Waals surface area (Å²) in [5.41, 5.74) is -2.18. The molecule has 1 atom stereocenters. The number of amides is 1. The van der Waals surface area contributed by atoms with Crippen LogP contribution in [0.15, 0.2) is 12.1 Å². The van der Waals surface area contributed by atoms with Crippen molar-refractivity contribution in [3.8, 4) is 0 Å². The number of carbonyl (C=O) groups is 2. The van der Waals surface area contributed by atoms with E-state index < -0.39 is 27.7 Å². The van der Waals surface area contributed by atoms with Gasteiger partial charge in [-0.25, -0.2) is 5.06 Å². The molecule has 2 N–H and O–H groups in total. The summed E-state index contributed by atoms with van der Waals surface area (Å²) in [7, 11) is 0. The molecule has 2 fully saturated rings. The Hall–Kier alpha value is -2.32. The summed E-state index contributed by atoms with van der Waals surface area (Å²) in [4.78, 5) is 37.6. The Labute approximate surface area is 144 Å². The van der Waals surface area contributed by atoms with E-state index in [-0.39, 0.29) is 18.4 Å². The van der Waals surface area contributed by atoms with Gasteiger partial charge in [0.05, 0.1) is 5.56 Å². The Morgan fingerprint density at radius 3 is 2.16 bits per heavy atom. The zero-order chi connectivity index (χ0) is 18.6. The van der Waals surface area contributed by atoms with Crippen LogP contribution in [0.3, 0.4) is 0 Å². The van der Waals surface area contributed by atoms with Crippen molar-refractivity contribution in [3.05, 3.63) is 44.5 Å². The molecule has 0 saturated carbocycles. The van der Waals surface area contributed by atoms with Gasteiger partial charge in [0.1, 0.15) is 5.54 Å². The molecule has 8 heteroatoms. The molecule has 0 aromatic heterocycles. The molecule has 2 saturated heterocycles. The molecule has 0 aliphatic carbocycles. The van der Waals surface area contributed by atoms with Crippen LogP contribution >= 0.6 is 0 Å². The summed E-state index contributed by atoms with van der Waals surface area (Å²) in [6, 6.07) is 3.42. The van der Waals surface area contributed by atoms with Crippen molar-refractivity contribution in [2.75, 3.05) is 13.1 Å². The SMILES string of the molecule is Cc1cc(C)c(C2([N+](=O)[O-])C(=O)N(O)C3(CCNCC3)C2=O)c(C)c1. The lowest BCUT2D eigenvalue weighted by atomic mass is 9.74. The number of benzene rings is 1. The van der Waals surface area contributed by atoms with E-state index in [1.54, 1.807) is 26.0 Å².